The van der Waals surface area contributed by atoms with Gasteiger partial charge in [0.05, 0.1) is 33.8 Å². The standard InChI is InChI=1S/C52H35N3.C2H6/c1-6-16-36(17-7-1)47-32-42(33-48(53-47)37-18-8-2-9-19-37)40-26-28-51-45(30-40)46-31-41(27-29-52(46)55(51)44-24-14-5-15-25-44)43-34-49(38-20-10-3-11-21-38)54-50(35-43)39-22-12-4-13-23-39;1-2/h1-35H;1-2H3. The third-order valence-corrected chi connectivity index (χ3v) is 10.4. The molecule has 7 aromatic carbocycles. The average molecular weight is 732 g/mol. The number of pyridine rings is 2. The Morgan fingerprint density at radius 1 is 0.281 bits per heavy atom. The van der Waals surface area contributed by atoms with Gasteiger partial charge in [-0.1, -0.05) is 166 Å². The highest BCUT2D eigenvalue weighted by molar-refractivity contribution is 6.11. The number of rotatable bonds is 7. The first kappa shape index (κ1) is 35.3. The Morgan fingerprint density at radius 3 is 0.895 bits per heavy atom. The van der Waals surface area contributed by atoms with Crippen molar-refractivity contribution in [1.29, 1.82) is 0 Å². The van der Waals surface area contributed by atoms with Gasteiger partial charge in [-0.15, -0.1) is 0 Å². The molecule has 0 fully saturated rings. The van der Waals surface area contributed by atoms with Crippen LogP contribution >= 0.6 is 0 Å². The monoisotopic (exact) mass is 731 g/mol. The van der Waals surface area contributed by atoms with Gasteiger partial charge in [-0.05, 0) is 82.9 Å². The molecule has 0 spiro atoms. The van der Waals surface area contributed by atoms with E-state index in [9.17, 15) is 0 Å². The van der Waals surface area contributed by atoms with Gasteiger partial charge >= 0.3 is 0 Å². The lowest BCUT2D eigenvalue weighted by molar-refractivity contribution is 1.18. The largest absolute Gasteiger partial charge is 0.309 e. The Labute approximate surface area is 334 Å². The van der Waals surface area contributed by atoms with Crippen LogP contribution in [0, 0.1) is 0 Å². The van der Waals surface area contributed by atoms with Crippen molar-refractivity contribution in [2.24, 2.45) is 0 Å². The average Bonchev–Trinajstić information content (AvgIpc) is 3.64. The fourth-order valence-electron chi connectivity index (χ4n) is 7.66. The van der Waals surface area contributed by atoms with E-state index in [1.165, 1.54) is 10.8 Å². The summed E-state index contributed by atoms with van der Waals surface area (Å²) in [6, 6.07) is 75.1. The zero-order valence-corrected chi connectivity index (χ0v) is 32.0. The number of nitrogens with zero attached hydrogens (tertiary/aromatic N) is 3. The first-order valence-corrected chi connectivity index (χ1v) is 19.7. The quantitative estimate of drug-likeness (QED) is 0.163. The predicted octanol–water partition coefficient (Wildman–Crippen LogP) is 14.6. The smallest absolute Gasteiger partial charge is 0.0715 e. The van der Waals surface area contributed by atoms with Crippen LogP contribution in [-0.4, -0.2) is 14.5 Å². The van der Waals surface area contributed by atoms with E-state index in [4.69, 9.17) is 9.97 Å². The Hall–Kier alpha value is -7.36. The van der Waals surface area contributed by atoms with Gasteiger partial charge in [-0.3, -0.25) is 0 Å². The lowest BCUT2D eigenvalue weighted by Crippen LogP contribution is -1.94. The maximum absolute atomic E-state index is 5.15. The molecule has 3 nitrogen and oxygen atoms in total. The SMILES string of the molecule is CC.c1ccc(-c2cc(-c3ccc4c(c3)c3cc(-c5cc(-c6ccccc6)nc(-c6ccccc6)c5)ccc3n4-c3ccccc3)cc(-c3ccccc3)n2)cc1. The van der Waals surface area contributed by atoms with Crippen molar-refractivity contribution in [3.05, 3.63) is 212 Å². The number of para-hydroxylation sites is 1. The van der Waals surface area contributed by atoms with Crippen LogP contribution in [0.5, 0.6) is 0 Å². The second kappa shape index (κ2) is 15.8. The molecular formula is C54H41N3. The number of benzene rings is 7. The number of aromatic nitrogens is 3. The number of hydrogen-bond donors (Lipinski definition) is 0. The topological polar surface area (TPSA) is 30.7 Å². The summed E-state index contributed by atoms with van der Waals surface area (Å²) >= 11 is 0. The normalized spacial score (nSPS) is 11.0. The highest BCUT2D eigenvalue weighted by atomic mass is 15.0. The second-order valence-electron chi connectivity index (χ2n) is 13.9. The minimum atomic E-state index is 0.951. The molecule has 0 amide bonds. The molecule has 0 bridgehead atoms. The summed E-state index contributed by atoms with van der Waals surface area (Å²) in [5.41, 5.74) is 16.2. The summed E-state index contributed by atoms with van der Waals surface area (Å²) in [5.74, 6) is 0. The molecule has 0 aliphatic heterocycles. The van der Waals surface area contributed by atoms with E-state index in [0.717, 1.165) is 84.0 Å². The minimum Gasteiger partial charge on any atom is -0.309 e. The van der Waals surface area contributed by atoms with Gasteiger partial charge in [-0.25, -0.2) is 9.97 Å². The zero-order chi connectivity index (χ0) is 38.6. The third-order valence-electron chi connectivity index (χ3n) is 10.4. The van der Waals surface area contributed by atoms with E-state index >= 15 is 0 Å². The molecule has 0 saturated carbocycles. The molecule has 0 radical (unpaired) electrons. The molecule has 10 rings (SSSR count). The summed E-state index contributed by atoms with van der Waals surface area (Å²) in [5, 5.41) is 2.39. The van der Waals surface area contributed by atoms with Crippen LogP contribution in [0.4, 0.5) is 0 Å². The molecule has 0 unspecified atom stereocenters. The molecule has 0 aliphatic rings. The number of fused-ring (bicyclic) bond motifs is 3. The Bertz CT molecular complexity index is 2640. The van der Waals surface area contributed by atoms with Crippen LogP contribution in [0.2, 0.25) is 0 Å². The van der Waals surface area contributed by atoms with Crippen LogP contribution in [-0.2, 0) is 0 Å². The van der Waals surface area contributed by atoms with Crippen molar-refractivity contribution in [3.63, 3.8) is 0 Å². The maximum Gasteiger partial charge on any atom is 0.0715 e. The van der Waals surface area contributed by atoms with E-state index in [-0.39, 0.29) is 0 Å². The van der Waals surface area contributed by atoms with Crippen molar-refractivity contribution in [2.75, 3.05) is 0 Å². The first-order chi connectivity index (χ1) is 28.2. The van der Waals surface area contributed by atoms with Crippen LogP contribution in [0.25, 0.3) is 94.8 Å². The van der Waals surface area contributed by atoms with Gasteiger partial charge in [-0.2, -0.15) is 0 Å². The van der Waals surface area contributed by atoms with Crippen molar-refractivity contribution >= 4 is 21.8 Å². The fraction of sp³-hybridized carbons (Fsp3) is 0.0370. The van der Waals surface area contributed by atoms with E-state index in [0.29, 0.717) is 0 Å². The Kier molecular flexibility index (Phi) is 9.79. The molecule has 0 N–H and O–H groups in total. The van der Waals surface area contributed by atoms with Crippen LogP contribution in [0.15, 0.2) is 212 Å². The molecule has 57 heavy (non-hydrogen) atoms. The molecule has 272 valence electrons. The van der Waals surface area contributed by atoms with E-state index < -0.39 is 0 Å². The summed E-state index contributed by atoms with van der Waals surface area (Å²) in [6.07, 6.45) is 0. The zero-order valence-electron chi connectivity index (χ0n) is 32.0. The molecule has 0 atom stereocenters. The van der Waals surface area contributed by atoms with Gasteiger partial charge in [0.25, 0.3) is 0 Å². The second-order valence-corrected chi connectivity index (χ2v) is 13.9. The lowest BCUT2D eigenvalue weighted by atomic mass is 9.97. The summed E-state index contributed by atoms with van der Waals surface area (Å²) in [4.78, 5) is 10.3. The van der Waals surface area contributed by atoms with E-state index in [1.54, 1.807) is 0 Å². The Balaban J connectivity index is 0.00000208. The third kappa shape index (κ3) is 7.03. The molecular weight excluding hydrogens is 691 g/mol. The van der Waals surface area contributed by atoms with Crippen molar-refractivity contribution in [1.82, 2.24) is 14.5 Å². The Morgan fingerprint density at radius 2 is 0.579 bits per heavy atom. The minimum absolute atomic E-state index is 0.951. The van der Waals surface area contributed by atoms with Crippen LogP contribution in [0.1, 0.15) is 13.8 Å². The highest BCUT2D eigenvalue weighted by Gasteiger charge is 2.17. The summed E-state index contributed by atoms with van der Waals surface area (Å²) < 4.78 is 2.38. The van der Waals surface area contributed by atoms with E-state index in [1.807, 2.05) is 38.1 Å². The molecule has 10 aromatic rings. The van der Waals surface area contributed by atoms with Crippen LogP contribution < -0.4 is 0 Å². The molecule has 3 aromatic heterocycles. The van der Waals surface area contributed by atoms with Gasteiger partial charge < -0.3 is 4.57 Å². The maximum atomic E-state index is 5.15. The summed E-state index contributed by atoms with van der Waals surface area (Å²) in [7, 11) is 0. The van der Waals surface area contributed by atoms with Gasteiger partial charge in [0, 0.05) is 38.7 Å². The van der Waals surface area contributed by atoms with Gasteiger partial charge in [0.15, 0.2) is 0 Å². The highest BCUT2D eigenvalue weighted by Crippen LogP contribution is 2.39. The van der Waals surface area contributed by atoms with Crippen molar-refractivity contribution in [2.45, 2.75) is 13.8 Å². The summed E-state index contributed by atoms with van der Waals surface area (Å²) in [6.45, 7) is 4.00. The van der Waals surface area contributed by atoms with Crippen molar-refractivity contribution in [3.8, 4) is 73.0 Å². The molecule has 0 aliphatic carbocycles. The van der Waals surface area contributed by atoms with Gasteiger partial charge in [0.1, 0.15) is 0 Å². The van der Waals surface area contributed by atoms with E-state index in [2.05, 4.69) is 193 Å². The first-order valence-electron chi connectivity index (χ1n) is 19.7. The van der Waals surface area contributed by atoms with Gasteiger partial charge in [0.2, 0.25) is 0 Å². The van der Waals surface area contributed by atoms with Crippen molar-refractivity contribution < 1.29 is 0 Å². The fourth-order valence-corrected chi connectivity index (χ4v) is 7.66. The molecule has 0 saturated heterocycles. The predicted molar refractivity (Wildman–Crippen MR) is 240 cm³/mol. The molecule has 3 heterocycles. The number of hydrogen-bond acceptors (Lipinski definition) is 2. The molecule has 3 heteroatoms. The van der Waals surface area contributed by atoms with Crippen LogP contribution in [0.3, 0.4) is 0 Å². The lowest BCUT2D eigenvalue weighted by Gasteiger charge is -2.11.